The van der Waals surface area contributed by atoms with Crippen molar-refractivity contribution in [1.29, 1.82) is 0 Å². The third-order valence-corrected chi connectivity index (χ3v) is 3.48. The van der Waals surface area contributed by atoms with Gasteiger partial charge in [-0.3, -0.25) is 0 Å². The molecule has 0 aliphatic heterocycles. The molecule has 18 heavy (non-hydrogen) atoms. The van der Waals surface area contributed by atoms with E-state index in [1.807, 2.05) is 0 Å². The summed E-state index contributed by atoms with van der Waals surface area (Å²) in [5.74, 6) is 0. The van der Waals surface area contributed by atoms with Crippen molar-refractivity contribution in [3.05, 3.63) is 34.9 Å². The van der Waals surface area contributed by atoms with Crippen LogP contribution in [-0.2, 0) is 0 Å². The van der Waals surface area contributed by atoms with Crippen LogP contribution in [0.5, 0.6) is 0 Å². The second-order valence-corrected chi connectivity index (χ2v) is 5.42. The summed E-state index contributed by atoms with van der Waals surface area (Å²) in [5.41, 5.74) is 4.60. The Kier molecular flexibility index (Phi) is 10.8. The largest absolute Gasteiger partial charge is 0.0887 e. The van der Waals surface area contributed by atoms with Crippen LogP contribution < -0.4 is 0 Å². The Balaban J connectivity index is 3.81. The van der Waals surface area contributed by atoms with E-state index in [-0.39, 0.29) is 0 Å². The van der Waals surface area contributed by atoms with Gasteiger partial charge in [-0.05, 0) is 66.2 Å². The molecule has 0 heterocycles. The summed E-state index contributed by atoms with van der Waals surface area (Å²) in [6.45, 7) is 11.1. The quantitative estimate of drug-likeness (QED) is 0.403. The Morgan fingerprint density at radius 3 is 1.78 bits per heavy atom. The smallest absolute Gasteiger partial charge is 0.0288 e. The van der Waals surface area contributed by atoms with Crippen molar-refractivity contribution >= 4 is 0 Å². The monoisotopic (exact) mass is 248 g/mol. The van der Waals surface area contributed by atoms with Gasteiger partial charge < -0.3 is 0 Å². The van der Waals surface area contributed by atoms with Crippen LogP contribution in [-0.4, -0.2) is 0 Å². The minimum Gasteiger partial charge on any atom is -0.0887 e. The molecule has 0 atom stereocenters. The maximum absolute atomic E-state index is 2.42. The maximum Gasteiger partial charge on any atom is -0.0288 e. The number of hydrogen-bond donors (Lipinski definition) is 0. The van der Waals surface area contributed by atoms with Crippen LogP contribution in [0.3, 0.4) is 0 Å². The topological polar surface area (TPSA) is 0 Å². The van der Waals surface area contributed by atoms with Crippen molar-refractivity contribution < 1.29 is 0 Å². The van der Waals surface area contributed by atoms with Crippen LogP contribution >= 0.6 is 0 Å². The van der Waals surface area contributed by atoms with Crippen molar-refractivity contribution in [1.82, 2.24) is 0 Å². The number of unbranched alkanes of at least 4 members (excludes halogenated alkanes) is 1. The van der Waals surface area contributed by atoms with E-state index in [1.54, 1.807) is 11.1 Å². The van der Waals surface area contributed by atoms with Crippen LogP contribution in [0.1, 0.15) is 79.6 Å². The first-order chi connectivity index (χ1) is 8.60. The minimum atomic E-state index is 1.19. The van der Waals surface area contributed by atoms with E-state index in [9.17, 15) is 0 Å². The first-order valence-corrected chi connectivity index (χ1v) is 7.53. The van der Waals surface area contributed by atoms with E-state index in [4.69, 9.17) is 0 Å². The van der Waals surface area contributed by atoms with Crippen molar-refractivity contribution in [3.8, 4) is 0 Å². The predicted octanol–water partition coefficient (Wildman–Crippen LogP) is 6.60. The predicted molar refractivity (Wildman–Crippen MR) is 84.9 cm³/mol. The molecule has 0 spiro atoms. The van der Waals surface area contributed by atoms with Gasteiger partial charge in [0, 0.05) is 0 Å². The fraction of sp³-hybridized carbons (Fsp3) is 0.667. The van der Waals surface area contributed by atoms with Gasteiger partial charge in [0.2, 0.25) is 0 Å². The van der Waals surface area contributed by atoms with Gasteiger partial charge in [0.05, 0.1) is 0 Å². The Labute approximate surface area is 115 Å². The molecule has 0 saturated heterocycles. The van der Waals surface area contributed by atoms with Gasteiger partial charge >= 0.3 is 0 Å². The molecule has 0 radical (unpaired) electrons. The van der Waals surface area contributed by atoms with Gasteiger partial charge in [-0.15, -0.1) is 0 Å². The molecule has 0 amide bonds. The molecule has 0 heteroatoms. The molecular weight excluding hydrogens is 216 g/mol. The van der Waals surface area contributed by atoms with Gasteiger partial charge in [-0.1, -0.05) is 48.3 Å². The lowest BCUT2D eigenvalue weighted by atomic mass is 10.0. The number of hydrogen-bond acceptors (Lipinski definition) is 0. The Morgan fingerprint density at radius 1 is 0.778 bits per heavy atom. The summed E-state index contributed by atoms with van der Waals surface area (Å²) in [4.78, 5) is 0. The first-order valence-electron chi connectivity index (χ1n) is 7.53. The van der Waals surface area contributed by atoms with Crippen LogP contribution in [0.15, 0.2) is 34.9 Å². The summed E-state index contributed by atoms with van der Waals surface area (Å²) < 4.78 is 0. The molecule has 0 bridgehead atoms. The average molecular weight is 248 g/mol. The minimum absolute atomic E-state index is 1.19. The molecule has 104 valence electrons. The molecule has 0 aromatic carbocycles. The lowest BCUT2D eigenvalue weighted by Crippen LogP contribution is -1.82. The maximum atomic E-state index is 2.42. The summed E-state index contributed by atoms with van der Waals surface area (Å²) in [6, 6.07) is 0. The summed E-state index contributed by atoms with van der Waals surface area (Å²) >= 11 is 0. The van der Waals surface area contributed by atoms with Crippen molar-refractivity contribution in [2.24, 2.45) is 0 Å². The Bertz CT molecular complexity index is 289. The molecule has 0 N–H and O–H groups in total. The van der Waals surface area contributed by atoms with E-state index in [2.05, 4.69) is 52.8 Å². The highest BCUT2D eigenvalue weighted by Gasteiger charge is 1.92. The second kappa shape index (κ2) is 11.3. The second-order valence-electron chi connectivity index (χ2n) is 5.42. The lowest BCUT2D eigenvalue weighted by Gasteiger charge is -2.02. The molecule has 0 aliphatic carbocycles. The molecule has 0 fully saturated rings. The molecule has 0 aromatic rings. The Morgan fingerprint density at radius 2 is 1.28 bits per heavy atom. The van der Waals surface area contributed by atoms with Crippen LogP contribution in [0.25, 0.3) is 0 Å². The molecule has 0 nitrogen and oxygen atoms in total. The summed E-state index contributed by atoms with van der Waals surface area (Å²) in [7, 11) is 0. The van der Waals surface area contributed by atoms with Gasteiger partial charge in [-0.2, -0.15) is 0 Å². The fourth-order valence-corrected chi connectivity index (χ4v) is 1.90. The van der Waals surface area contributed by atoms with Crippen LogP contribution in [0.4, 0.5) is 0 Å². The van der Waals surface area contributed by atoms with E-state index in [0.29, 0.717) is 0 Å². The van der Waals surface area contributed by atoms with E-state index >= 15 is 0 Å². The third kappa shape index (κ3) is 10.4. The average Bonchev–Trinajstić information content (AvgIpc) is 2.36. The summed E-state index contributed by atoms with van der Waals surface area (Å²) in [5, 5.41) is 0. The highest BCUT2D eigenvalue weighted by Crippen LogP contribution is 2.13. The normalized spacial score (nSPS) is 14.2. The zero-order valence-corrected chi connectivity index (χ0v) is 13.2. The highest BCUT2D eigenvalue weighted by molar-refractivity contribution is 5.05. The molecule has 0 aromatic heterocycles. The zero-order valence-electron chi connectivity index (χ0n) is 13.2. The first kappa shape index (κ1) is 17.2. The fourth-order valence-electron chi connectivity index (χ4n) is 1.90. The molecule has 0 aliphatic rings. The summed E-state index contributed by atoms with van der Waals surface area (Å²) in [6.07, 6.45) is 15.8. The number of rotatable bonds is 9. The molecule has 0 saturated carbocycles. The van der Waals surface area contributed by atoms with E-state index in [1.165, 1.54) is 50.5 Å². The van der Waals surface area contributed by atoms with Gasteiger partial charge in [0.1, 0.15) is 0 Å². The van der Waals surface area contributed by atoms with Crippen LogP contribution in [0, 0.1) is 0 Å². The van der Waals surface area contributed by atoms with Gasteiger partial charge in [0.25, 0.3) is 0 Å². The van der Waals surface area contributed by atoms with Gasteiger partial charge in [-0.25, -0.2) is 0 Å². The molecular formula is C18H32. The van der Waals surface area contributed by atoms with E-state index < -0.39 is 0 Å². The number of allylic oxidation sites excluding steroid dienone is 6. The van der Waals surface area contributed by atoms with Crippen molar-refractivity contribution in [2.45, 2.75) is 79.6 Å². The van der Waals surface area contributed by atoms with Crippen molar-refractivity contribution in [2.75, 3.05) is 0 Å². The van der Waals surface area contributed by atoms with Crippen molar-refractivity contribution in [3.63, 3.8) is 0 Å². The highest BCUT2D eigenvalue weighted by atomic mass is 14.0. The molecule has 0 rings (SSSR count). The lowest BCUT2D eigenvalue weighted by molar-refractivity contribution is 0.781. The molecule has 0 unspecified atom stereocenters. The van der Waals surface area contributed by atoms with Crippen LogP contribution in [0.2, 0.25) is 0 Å². The Hall–Kier alpha value is -0.780. The van der Waals surface area contributed by atoms with Gasteiger partial charge in [0.15, 0.2) is 0 Å². The SMILES string of the molecule is C/C=C(\C)CC/C=C(\C)CC/C=C(\C)CCCC. The third-order valence-electron chi connectivity index (χ3n) is 3.48. The standard InChI is InChI=1S/C18H32/c1-6-8-11-17(4)14-10-15-18(5)13-9-12-16(3)7-2/h7,13-14H,6,8-12,15H2,1-5H3/b16-7+,17-14+,18-13+. The van der Waals surface area contributed by atoms with E-state index in [0.717, 1.165) is 0 Å². The zero-order chi connectivity index (χ0) is 13.8.